The summed E-state index contributed by atoms with van der Waals surface area (Å²) in [6, 6.07) is 16.8. The fraction of sp³-hybridized carbons (Fsp3) is 0.200. The molecule has 1 saturated heterocycles. The Hall–Kier alpha value is -3.66. The molecule has 0 saturated carbocycles. The lowest BCUT2D eigenvalue weighted by Crippen LogP contribution is -2.31. The van der Waals surface area contributed by atoms with Crippen LogP contribution in [0.5, 0.6) is 5.88 Å². The number of nitriles is 1. The second-order valence-corrected chi connectivity index (χ2v) is 6.31. The van der Waals surface area contributed by atoms with Gasteiger partial charge in [0.2, 0.25) is 5.88 Å². The van der Waals surface area contributed by atoms with Crippen LogP contribution in [0.15, 0.2) is 54.7 Å². The number of rotatable bonds is 4. The molecule has 1 atom stereocenters. The van der Waals surface area contributed by atoms with Gasteiger partial charge in [-0.15, -0.1) is 0 Å². The molecular formula is C20H17N5O2. The number of hydrogen-bond acceptors (Lipinski definition) is 5. The third kappa shape index (κ3) is 3.65. The molecule has 134 valence electrons. The van der Waals surface area contributed by atoms with Crippen LogP contribution < -0.4 is 4.74 Å². The van der Waals surface area contributed by atoms with E-state index in [0.29, 0.717) is 36.6 Å². The summed E-state index contributed by atoms with van der Waals surface area (Å²) < 4.78 is 5.83. The number of amides is 1. The number of likely N-dealkylation sites (tertiary alicyclic amines) is 1. The van der Waals surface area contributed by atoms with E-state index in [-0.39, 0.29) is 12.0 Å². The SMILES string of the molecule is N#Cc1ccnc(OC2CCN(C(=O)c3cc(-c4ccccc4)n[nH]3)C2)c1. The molecule has 1 unspecified atom stereocenters. The van der Waals surface area contributed by atoms with E-state index in [9.17, 15) is 4.79 Å². The van der Waals surface area contributed by atoms with Crippen LogP contribution in [0.3, 0.4) is 0 Å². The van der Waals surface area contributed by atoms with Gasteiger partial charge in [-0.05, 0) is 12.1 Å². The standard InChI is InChI=1S/C20H17N5O2/c21-12-14-6-8-22-19(10-14)27-16-7-9-25(13-16)20(26)18-11-17(23-24-18)15-4-2-1-3-5-15/h1-6,8,10-11,16H,7,9,13H2,(H,23,24). The Labute approximate surface area is 156 Å². The molecule has 4 rings (SSSR count). The molecule has 0 radical (unpaired) electrons. The van der Waals surface area contributed by atoms with Gasteiger partial charge in [-0.3, -0.25) is 9.89 Å². The average molecular weight is 359 g/mol. The molecule has 7 heteroatoms. The second kappa shape index (κ2) is 7.30. The van der Waals surface area contributed by atoms with E-state index >= 15 is 0 Å². The van der Waals surface area contributed by atoms with Crippen LogP contribution in [0.1, 0.15) is 22.5 Å². The average Bonchev–Trinajstić information content (AvgIpc) is 3.38. The Kier molecular flexibility index (Phi) is 4.54. The van der Waals surface area contributed by atoms with E-state index < -0.39 is 0 Å². The Morgan fingerprint density at radius 2 is 2.11 bits per heavy atom. The van der Waals surface area contributed by atoms with Crippen LogP contribution in [-0.4, -0.2) is 45.2 Å². The molecule has 2 aromatic heterocycles. The van der Waals surface area contributed by atoms with Crippen LogP contribution in [0.25, 0.3) is 11.3 Å². The van der Waals surface area contributed by atoms with Gasteiger partial charge in [-0.1, -0.05) is 30.3 Å². The Balaban J connectivity index is 1.41. The van der Waals surface area contributed by atoms with Crippen molar-refractivity contribution in [2.45, 2.75) is 12.5 Å². The van der Waals surface area contributed by atoms with Crippen LogP contribution in [-0.2, 0) is 0 Å². The van der Waals surface area contributed by atoms with Crippen molar-refractivity contribution in [3.8, 4) is 23.2 Å². The molecule has 1 aliphatic rings. The zero-order valence-electron chi connectivity index (χ0n) is 14.5. The van der Waals surface area contributed by atoms with Crippen LogP contribution in [0.2, 0.25) is 0 Å². The van der Waals surface area contributed by atoms with Crippen molar-refractivity contribution >= 4 is 5.91 Å². The lowest BCUT2D eigenvalue weighted by atomic mass is 10.1. The van der Waals surface area contributed by atoms with Crippen LogP contribution in [0.4, 0.5) is 0 Å². The zero-order chi connectivity index (χ0) is 18.6. The van der Waals surface area contributed by atoms with Gasteiger partial charge in [0, 0.05) is 30.8 Å². The van der Waals surface area contributed by atoms with Gasteiger partial charge < -0.3 is 9.64 Å². The largest absolute Gasteiger partial charge is 0.472 e. The molecular weight excluding hydrogens is 342 g/mol. The number of hydrogen-bond donors (Lipinski definition) is 1. The van der Waals surface area contributed by atoms with Crippen molar-refractivity contribution in [3.05, 3.63) is 66.0 Å². The summed E-state index contributed by atoms with van der Waals surface area (Å²) in [6.45, 7) is 1.07. The number of nitrogens with one attached hydrogen (secondary N) is 1. The maximum absolute atomic E-state index is 12.7. The Morgan fingerprint density at radius 1 is 1.26 bits per heavy atom. The number of H-pyrrole nitrogens is 1. The second-order valence-electron chi connectivity index (χ2n) is 6.31. The normalized spacial score (nSPS) is 16.1. The molecule has 1 fully saturated rings. The minimum absolute atomic E-state index is 0.102. The molecule has 7 nitrogen and oxygen atoms in total. The molecule has 3 heterocycles. The highest BCUT2D eigenvalue weighted by molar-refractivity contribution is 5.93. The van der Waals surface area contributed by atoms with Gasteiger partial charge in [-0.25, -0.2) is 4.98 Å². The van der Waals surface area contributed by atoms with Crippen molar-refractivity contribution in [2.24, 2.45) is 0 Å². The van der Waals surface area contributed by atoms with Gasteiger partial charge in [-0.2, -0.15) is 10.4 Å². The molecule has 1 N–H and O–H groups in total. The molecule has 27 heavy (non-hydrogen) atoms. The minimum Gasteiger partial charge on any atom is -0.472 e. The van der Waals surface area contributed by atoms with Crippen molar-refractivity contribution in [3.63, 3.8) is 0 Å². The first kappa shape index (κ1) is 16.8. The van der Waals surface area contributed by atoms with E-state index in [0.717, 1.165) is 11.3 Å². The summed E-state index contributed by atoms with van der Waals surface area (Å²) in [5, 5.41) is 16.0. The predicted octanol–water partition coefficient (Wildman–Crippen LogP) is 2.64. The number of carbonyl (C=O) groups is 1. The molecule has 1 aromatic carbocycles. The number of carbonyl (C=O) groups excluding carboxylic acids is 1. The van der Waals surface area contributed by atoms with Crippen molar-refractivity contribution in [2.75, 3.05) is 13.1 Å². The smallest absolute Gasteiger partial charge is 0.272 e. The quantitative estimate of drug-likeness (QED) is 0.773. The van der Waals surface area contributed by atoms with Gasteiger partial charge in [0.15, 0.2) is 0 Å². The number of aromatic nitrogens is 3. The molecule has 1 amide bonds. The van der Waals surface area contributed by atoms with Gasteiger partial charge in [0.1, 0.15) is 11.8 Å². The lowest BCUT2D eigenvalue weighted by molar-refractivity contribution is 0.0765. The zero-order valence-corrected chi connectivity index (χ0v) is 14.5. The monoisotopic (exact) mass is 359 g/mol. The lowest BCUT2D eigenvalue weighted by Gasteiger charge is -2.16. The third-order valence-electron chi connectivity index (χ3n) is 4.46. The van der Waals surface area contributed by atoms with Crippen molar-refractivity contribution in [1.29, 1.82) is 5.26 Å². The maximum Gasteiger partial charge on any atom is 0.272 e. The summed E-state index contributed by atoms with van der Waals surface area (Å²) in [5.41, 5.74) is 2.65. The van der Waals surface area contributed by atoms with Crippen molar-refractivity contribution in [1.82, 2.24) is 20.1 Å². The first-order valence-electron chi connectivity index (χ1n) is 8.66. The van der Waals surface area contributed by atoms with Crippen LogP contribution in [0, 0.1) is 11.3 Å². The number of aromatic amines is 1. The van der Waals surface area contributed by atoms with Crippen molar-refractivity contribution < 1.29 is 9.53 Å². The fourth-order valence-corrected chi connectivity index (χ4v) is 3.08. The topological polar surface area (TPSA) is 94.9 Å². The number of ether oxygens (including phenoxy) is 1. The fourth-order valence-electron chi connectivity index (χ4n) is 3.08. The highest BCUT2D eigenvalue weighted by Crippen LogP contribution is 2.21. The van der Waals surface area contributed by atoms with Gasteiger partial charge in [0.05, 0.1) is 23.9 Å². The highest BCUT2D eigenvalue weighted by atomic mass is 16.5. The first-order valence-corrected chi connectivity index (χ1v) is 8.66. The summed E-state index contributed by atoms with van der Waals surface area (Å²) in [4.78, 5) is 18.6. The third-order valence-corrected chi connectivity index (χ3v) is 4.46. The molecule has 0 spiro atoms. The Morgan fingerprint density at radius 3 is 2.93 bits per heavy atom. The summed E-state index contributed by atoms with van der Waals surface area (Å²) >= 11 is 0. The molecule has 1 aliphatic heterocycles. The first-order chi connectivity index (χ1) is 13.2. The number of benzene rings is 1. The van der Waals surface area contributed by atoms with Gasteiger partial charge in [0.25, 0.3) is 5.91 Å². The number of pyridine rings is 1. The molecule has 3 aromatic rings. The summed E-state index contributed by atoms with van der Waals surface area (Å²) in [6.07, 6.45) is 2.11. The highest BCUT2D eigenvalue weighted by Gasteiger charge is 2.29. The maximum atomic E-state index is 12.7. The van der Waals surface area contributed by atoms with E-state index in [4.69, 9.17) is 10.00 Å². The molecule has 0 aliphatic carbocycles. The van der Waals surface area contributed by atoms with E-state index in [1.54, 1.807) is 29.3 Å². The summed E-state index contributed by atoms with van der Waals surface area (Å²) in [5.74, 6) is 0.302. The van der Waals surface area contributed by atoms with E-state index in [1.165, 1.54) is 0 Å². The van der Waals surface area contributed by atoms with Crippen LogP contribution >= 0.6 is 0 Å². The van der Waals surface area contributed by atoms with E-state index in [2.05, 4.69) is 21.3 Å². The molecule has 0 bridgehead atoms. The predicted molar refractivity (Wildman–Crippen MR) is 97.9 cm³/mol. The summed E-state index contributed by atoms with van der Waals surface area (Å²) in [7, 11) is 0. The Bertz CT molecular complexity index is 993. The number of nitrogens with zero attached hydrogens (tertiary/aromatic N) is 4. The van der Waals surface area contributed by atoms with Gasteiger partial charge >= 0.3 is 0 Å². The minimum atomic E-state index is -0.146. The van der Waals surface area contributed by atoms with E-state index in [1.807, 2.05) is 30.3 Å².